The molecule has 8 heteroatoms. The summed E-state index contributed by atoms with van der Waals surface area (Å²) < 4.78 is 38.3. The van der Waals surface area contributed by atoms with E-state index in [9.17, 15) is 18.0 Å². The number of alkyl halides is 3. The quantitative estimate of drug-likeness (QED) is 0.640. The first-order chi connectivity index (χ1) is 10.4. The zero-order valence-corrected chi connectivity index (χ0v) is 13.4. The molecule has 124 valence electrons. The van der Waals surface area contributed by atoms with Crippen LogP contribution in [0.15, 0.2) is 30.0 Å². The van der Waals surface area contributed by atoms with Crippen LogP contribution in [0.5, 0.6) is 0 Å². The minimum Gasteiger partial charge on any atom is -0.360 e. The maximum atomic E-state index is 12.8. The molecule has 0 saturated carbocycles. The molecule has 4 nitrogen and oxygen atoms in total. The molecule has 0 aromatic heterocycles. The van der Waals surface area contributed by atoms with Gasteiger partial charge in [0.1, 0.15) is 11.6 Å². The van der Waals surface area contributed by atoms with E-state index in [0.717, 1.165) is 18.3 Å². The van der Waals surface area contributed by atoms with Crippen LogP contribution in [-0.4, -0.2) is 11.4 Å². The molecule has 0 bridgehead atoms. The topological polar surface area (TPSA) is 64.9 Å². The molecule has 0 atom stereocenters. The minimum atomic E-state index is -4.60. The fourth-order valence-corrected chi connectivity index (χ4v) is 1.77. The van der Waals surface area contributed by atoms with Crippen LogP contribution < -0.4 is 10.6 Å². The molecule has 0 aliphatic carbocycles. The summed E-state index contributed by atoms with van der Waals surface area (Å²) in [7, 11) is 0. The Morgan fingerprint density at radius 3 is 2.39 bits per heavy atom. The van der Waals surface area contributed by atoms with E-state index in [2.05, 4.69) is 10.6 Å². The number of benzene rings is 1. The number of carbonyl (C=O) groups is 1. The Hall–Kier alpha value is -2.20. The third-order valence-corrected chi connectivity index (χ3v) is 2.84. The molecule has 0 aliphatic rings. The van der Waals surface area contributed by atoms with Gasteiger partial charge in [-0.2, -0.15) is 18.4 Å². The number of carbonyl (C=O) groups excluding carboxylic acids is 1. The van der Waals surface area contributed by atoms with Crippen molar-refractivity contribution in [2.24, 2.45) is 0 Å². The summed E-state index contributed by atoms with van der Waals surface area (Å²) in [5.74, 6) is -0.627. The molecule has 0 radical (unpaired) electrons. The molecule has 1 aromatic carbocycles. The van der Waals surface area contributed by atoms with E-state index >= 15 is 0 Å². The Morgan fingerprint density at radius 2 is 1.91 bits per heavy atom. The van der Waals surface area contributed by atoms with Crippen LogP contribution in [0.25, 0.3) is 0 Å². The Bertz CT molecular complexity index is 670. The number of hydrogen-bond acceptors (Lipinski definition) is 3. The Morgan fingerprint density at radius 1 is 1.30 bits per heavy atom. The predicted molar refractivity (Wildman–Crippen MR) is 81.7 cm³/mol. The second kappa shape index (κ2) is 6.92. The molecule has 0 heterocycles. The van der Waals surface area contributed by atoms with E-state index in [-0.39, 0.29) is 11.3 Å². The largest absolute Gasteiger partial charge is 0.417 e. The zero-order chi connectivity index (χ0) is 17.8. The van der Waals surface area contributed by atoms with E-state index in [1.807, 2.05) is 0 Å². The van der Waals surface area contributed by atoms with Gasteiger partial charge >= 0.3 is 6.18 Å². The summed E-state index contributed by atoms with van der Waals surface area (Å²) in [6.07, 6.45) is -3.55. The summed E-state index contributed by atoms with van der Waals surface area (Å²) in [5, 5.41) is 13.6. The van der Waals surface area contributed by atoms with Crippen molar-refractivity contribution < 1.29 is 18.0 Å². The van der Waals surface area contributed by atoms with Gasteiger partial charge in [0, 0.05) is 17.4 Å². The third kappa shape index (κ3) is 5.83. The van der Waals surface area contributed by atoms with Gasteiger partial charge in [0.2, 0.25) is 0 Å². The first-order valence-electron chi connectivity index (χ1n) is 6.50. The standard InChI is InChI=1S/C15H15ClF3N3O/c1-14(2,3)22-13(23)9(7-20)8-21-10-4-5-12(16)11(6-10)15(17,18)19/h4-6,8,21H,1-3H3,(H,22,23)/b9-8-. The number of hydrogen-bond donors (Lipinski definition) is 2. The van der Waals surface area contributed by atoms with Crippen molar-refractivity contribution in [3.63, 3.8) is 0 Å². The second-order valence-corrected chi connectivity index (χ2v) is 6.12. The molecular formula is C15H15ClF3N3O. The van der Waals surface area contributed by atoms with E-state index < -0.39 is 28.2 Å². The predicted octanol–water partition coefficient (Wildman–Crippen LogP) is 4.09. The lowest BCUT2D eigenvalue weighted by Crippen LogP contribution is -2.41. The average Bonchev–Trinajstić information content (AvgIpc) is 2.37. The van der Waals surface area contributed by atoms with Gasteiger partial charge in [-0.3, -0.25) is 4.79 Å². The molecular weight excluding hydrogens is 331 g/mol. The summed E-state index contributed by atoms with van der Waals surface area (Å²) in [6.45, 7) is 5.21. The van der Waals surface area contributed by atoms with Gasteiger partial charge in [-0.25, -0.2) is 0 Å². The van der Waals surface area contributed by atoms with E-state index in [1.54, 1.807) is 26.8 Å². The Balaban J connectivity index is 2.99. The van der Waals surface area contributed by atoms with Gasteiger partial charge in [0.05, 0.1) is 10.6 Å². The zero-order valence-electron chi connectivity index (χ0n) is 12.7. The van der Waals surface area contributed by atoms with Crippen LogP contribution in [0, 0.1) is 11.3 Å². The van der Waals surface area contributed by atoms with Crippen molar-refractivity contribution >= 4 is 23.2 Å². The number of nitrogens with one attached hydrogen (secondary N) is 2. The lowest BCUT2D eigenvalue weighted by atomic mass is 10.1. The van der Waals surface area contributed by atoms with Gasteiger partial charge in [0.25, 0.3) is 5.91 Å². The smallest absolute Gasteiger partial charge is 0.360 e. The molecule has 23 heavy (non-hydrogen) atoms. The SMILES string of the molecule is CC(C)(C)NC(=O)/C(C#N)=C\Nc1ccc(Cl)c(C(F)(F)F)c1. The second-order valence-electron chi connectivity index (χ2n) is 5.71. The highest BCUT2D eigenvalue weighted by molar-refractivity contribution is 6.31. The number of nitriles is 1. The average molecular weight is 346 g/mol. The molecule has 2 N–H and O–H groups in total. The molecule has 0 aliphatic heterocycles. The van der Waals surface area contributed by atoms with Gasteiger partial charge in [-0.05, 0) is 39.0 Å². The lowest BCUT2D eigenvalue weighted by Gasteiger charge is -2.20. The fourth-order valence-electron chi connectivity index (χ4n) is 1.54. The molecule has 0 fully saturated rings. The number of halogens is 4. The number of nitrogens with zero attached hydrogens (tertiary/aromatic N) is 1. The minimum absolute atomic E-state index is 0.0537. The molecule has 1 amide bonds. The van der Waals surface area contributed by atoms with Crippen LogP contribution in [0.3, 0.4) is 0 Å². The van der Waals surface area contributed by atoms with Crippen LogP contribution in [0.2, 0.25) is 5.02 Å². The van der Waals surface area contributed by atoms with Gasteiger partial charge in [-0.15, -0.1) is 0 Å². The summed E-state index contributed by atoms with van der Waals surface area (Å²) in [5.41, 5.74) is -1.76. The van der Waals surface area contributed by atoms with Crippen molar-refractivity contribution in [2.75, 3.05) is 5.32 Å². The first kappa shape index (κ1) is 18.8. The van der Waals surface area contributed by atoms with Crippen molar-refractivity contribution in [2.45, 2.75) is 32.5 Å². The molecule has 0 unspecified atom stereocenters. The highest BCUT2D eigenvalue weighted by Gasteiger charge is 2.33. The lowest BCUT2D eigenvalue weighted by molar-refractivity contribution is -0.137. The van der Waals surface area contributed by atoms with Crippen molar-refractivity contribution in [1.82, 2.24) is 5.32 Å². The van der Waals surface area contributed by atoms with Crippen molar-refractivity contribution in [3.8, 4) is 6.07 Å². The van der Waals surface area contributed by atoms with E-state index in [1.165, 1.54) is 6.07 Å². The summed E-state index contributed by atoms with van der Waals surface area (Å²) in [6, 6.07) is 4.89. The monoisotopic (exact) mass is 345 g/mol. The highest BCUT2D eigenvalue weighted by atomic mass is 35.5. The van der Waals surface area contributed by atoms with Crippen molar-refractivity contribution in [1.29, 1.82) is 5.26 Å². The maximum absolute atomic E-state index is 12.8. The van der Waals surface area contributed by atoms with Crippen LogP contribution in [-0.2, 0) is 11.0 Å². The highest BCUT2D eigenvalue weighted by Crippen LogP contribution is 2.36. The fraction of sp³-hybridized carbons (Fsp3) is 0.333. The summed E-state index contributed by atoms with van der Waals surface area (Å²) in [4.78, 5) is 11.8. The van der Waals surface area contributed by atoms with Gasteiger partial charge < -0.3 is 10.6 Å². The summed E-state index contributed by atoms with van der Waals surface area (Å²) >= 11 is 5.51. The number of amides is 1. The Kier molecular flexibility index (Phi) is 5.67. The maximum Gasteiger partial charge on any atom is 0.417 e. The first-order valence-corrected chi connectivity index (χ1v) is 6.88. The molecule has 1 aromatic rings. The number of rotatable bonds is 3. The van der Waals surface area contributed by atoms with Crippen LogP contribution in [0.1, 0.15) is 26.3 Å². The molecule has 0 saturated heterocycles. The third-order valence-electron chi connectivity index (χ3n) is 2.51. The van der Waals surface area contributed by atoms with Crippen LogP contribution >= 0.6 is 11.6 Å². The molecule has 1 rings (SSSR count). The van der Waals surface area contributed by atoms with Crippen LogP contribution in [0.4, 0.5) is 18.9 Å². The van der Waals surface area contributed by atoms with Gasteiger partial charge in [0.15, 0.2) is 0 Å². The van der Waals surface area contributed by atoms with Gasteiger partial charge in [-0.1, -0.05) is 11.6 Å². The van der Waals surface area contributed by atoms with E-state index in [4.69, 9.17) is 16.9 Å². The van der Waals surface area contributed by atoms with Crippen molar-refractivity contribution in [3.05, 3.63) is 40.6 Å². The number of anilines is 1. The molecule has 0 spiro atoms. The Labute approximate surface area is 136 Å². The van der Waals surface area contributed by atoms with E-state index in [0.29, 0.717) is 0 Å². The normalized spacial score (nSPS) is 12.5.